The van der Waals surface area contributed by atoms with E-state index in [1.54, 1.807) is 36.2 Å². The van der Waals surface area contributed by atoms with Gasteiger partial charge in [-0.25, -0.2) is 19.7 Å². The van der Waals surface area contributed by atoms with Crippen LogP contribution in [-0.4, -0.2) is 71.6 Å². The highest BCUT2D eigenvalue weighted by atomic mass is 35.5. The van der Waals surface area contributed by atoms with E-state index in [2.05, 4.69) is 25.0 Å². The van der Waals surface area contributed by atoms with Gasteiger partial charge in [0, 0.05) is 42.3 Å². The molecule has 0 saturated carbocycles. The summed E-state index contributed by atoms with van der Waals surface area (Å²) in [5.41, 5.74) is 7.88. The molecule has 4 aromatic heterocycles. The van der Waals surface area contributed by atoms with Crippen molar-refractivity contribution in [3.63, 3.8) is 0 Å². The zero-order valence-corrected chi connectivity index (χ0v) is 24.3. The number of nitrogens with zero attached hydrogens (tertiary/aromatic N) is 7. The molecule has 6 rings (SSSR count). The van der Waals surface area contributed by atoms with Gasteiger partial charge in [-0.1, -0.05) is 23.4 Å². The van der Waals surface area contributed by atoms with Gasteiger partial charge in [-0.3, -0.25) is 9.48 Å². The molecule has 2 aliphatic heterocycles. The van der Waals surface area contributed by atoms with E-state index in [0.717, 1.165) is 44.0 Å². The molecule has 1 atom stereocenters. The van der Waals surface area contributed by atoms with Crippen LogP contribution < -0.4 is 16.0 Å². The second-order valence-corrected chi connectivity index (χ2v) is 11.6. The number of carbonyl (C=O) groups is 2. The monoisotopic (exact) mass is 677 g/mol. The highest BCUT2D eigenvalue weighted by molar-refractivity contribution is 7.99. The average Bonchev–Trinajstić information content (AvgIpc) is 3.66. The highest BCUT2D eigenvalue weighted by Crippen LogP contribution is 2.48. The summed E-state index contributed by atoms with van der Waals surface area (Å²) in [4.78, 5) is 36.0. The number of anilines is 2. The number of rotatable bonds is 4. The first kappa shape index (κ1) is 32.3. The van der Waals surface area contributed by atoms with Gasteiger partial charge in [0.1, 0.15) is 10.8 Å². The van der Waals surface area contributed by atoms with E-state index in [4.69, 9.17) is 27.2 Å². The molecule has 20 heteroatoms. The number of carbonyl (C=O) groups excluding carboxylic acids is 1. The lowest BCUT2D eigenvalue weighted by Crippen LogP contribution is -2.45. The summed E-state index contributed by atoms with van der Waals surface area (Å²) in [6, 6.07) is 3.66. The number of carboxylic acids is 1. The van der Waals surface area contributed by atoms with Crippen LogP contribution >= 0.6 is 23.4 Å². The maximum atomic E-state index is 12.5. The second-order valence-electron chi connectivity index (χ2n) is 10.2. The molecule has 1 saturated heterocycles. The van der Waals surface area contributed by atoms with Gasteiger partial charge in [0.25, 0.3) is 0 Å². The van der Waals surface area contributed by atoms with Gasteiger partial charge in [-0.15, -0.1) is 0 Å². The normalized spacial score (nSPS) is 17.6. The van der Waals surface area contributed by atoms with Crippen molar-refractivity contribution in [3.8, 4) is 0 Å². The summed E-state index contributed by atoms with van der Waals surface area (Å²) in [5, 5.41) is 14.0. The van der Waals surface area contributed by atoms with Crippen LogP contribution in [0.3, 0.4) is 0 Å². The Kier molecular flexibility index (Phi) is 8.62. The number of hydrogen-bond acceptors (Lipinski definition) is 9. The second kappa shape index (κ2) is 12.0. The van der Waals surface area contributed by atoms with Crippen LogP contribution in [0.2, 0.25) is 5.02 Å². The lowest BCUT2D eigenvalue weighted by atomic mass is 9.73. The molecule has 0 radical (unpaired) electrons. The van der Waals surface area contributed by atoms with Gasteiger partial charge in [0.2, 0.25) is 0 Å². The van der Waals surface area contributed by atoms with Crippen LogP contribution in [0.15, 0.2) is 53.0 Å². The predicted octanol–water partition coefficient (Wildman–Crippen LogP) is 4.56. The van der Waals surface area contributed by atoms with Crippen LogP contribution in [0.1, 0.15) is 24.6 Å². The summed E-state index contributed by atoms with van der Waals surface area (Å²) < 4.78 is 72.8. The van der Waals surface area contributed by atoms with Crippen LogP contribution in [-0.2, 0) is 16.1 Å². The summed E-state index contributed by atoms with van der Waals surface area (Å²) in [7, 11) is 0. The highest BCUT2D eigenvalue weighted by Gasteiger charge is 2.47. The van der Waals surface area contributed by atoms with Crippen LogP contribution in [0.5, 0.6) is 0 Å². The first-order valence-electron chi connectivity index (χ1n) is 12.9. The van der Waals surface area contributed by atoms with Gasteiger partial charge < -0.3 is 25.5 Å². The number of hydrogen-bond donors (Lipinski definition) is 3. The molecular weight excluding hydrogens is 656 g/mol. The number of imidazole rings is 1. The minimum Gasteiger partial charge on any atom is -0.475 e. The molecule has 4 N–H and O–H groups in total. The van der Waals surface area contributed by atoms with E-state index >= 15 is 0 Å². The number of alkyl halides is 6. The molecule has 0 bridgehead atoms. The Balaban J connectivity index is 0.000000515. The fraction of sp³-hybridized carbons (Fsp3) is 0.360. The topological polar surface area (TPSA) is 157 Å². The zero-order chi connectivity index (χ0) is 32.7. The van der Waals surface area contributed by atoms with Crippen molar-refractivity contribution in [3.05, 3.63) is 53.8 Å². The maximum Gasteiger partial charge on any atom is 0.490 e. The van der Waals surface area contributed by atoms with Gasteiger partial charge in [-0.05, 0) is 25.0 Å². The number of piperidine rings is 1. The van der Waals surface area contributed by atoms with Crippen molar-refractivity contribution < 1.29 is 41.0 Å². The average molecular weight is 678 g/mol. The van der Waals surface area contributed by atoms with Crippen molar-refractivity contribution in [1.82, 2.24) is 29.1 Å². The van der Waals surface area contributed by atoms with E-state index < -0.39 is 24.2 Å². The number of fused-ring (bicyclic) bond motifs is 2. The number of pyridine rings is 1. The predicted molar refractivity (Wildman–Crippen MR) is 148 cm³/mol. The molecule has 12 nitrogen and oxygen atoms in total. The molecule has 4 aromatic rings. The minimum atomic E-state index is -5.08. The SMILES string of the molecule is N[C@@H]1c2ccnn2CC12CCN(c1cnc(Sc3ccn4cc(NC(=O)C(F)(F)F)nc4c3Cl)cn1)CC2.O=C(O)C(F)(F)F. The van der Waals surface area contributed by atoms with Gasteiger partial charge >= 0.3 is 24.2 Å². The maximum absolute atomic E-state index is 12.5. The van der Waals surface area contributed by atoms with Crippen molar-refractivity contribution in [2.45, 2.75) is 47.7 Å². The van der Waals surface area contributed by atoms with E-state index in [9.17, 15) is 31.1 Å². The molecule has 1 spiro atoms. The first-order valence-corrected chi connectivity index (χ1v) is 14.1. The molecule has 45 heavy (non-hydrogen) atoms. The minimum absolute atomic E-state index is 0.0149. The number of halogens is 7. The summed E-state index contributed by atoms with van der Waals surface area (Å²) in [6.45, 7) is 2.47. The number of amides is 1. The van der Waals surface area contributed by atoms with Crippen LogP contribution in [0.25, 0.3) is 5.65 Å². The van der Waals surface area contributed by atoms with Crippen molar-refractivity contribution in [1.29, 1.82) is 0 Å². The molecular formula is C25H22ClF6N9O3S. The number of nitrogens with two attached hydrogens (primary N) is 1. The molecule has 0 aliphatic carbocycles. The first-order chi connectivity index (χ1) is 21.1. The Bertz CT molecular complexity index is 1720. The van der Waals surface area contributed by atoms with E-state index in [1.807, 2.05) is 10.7 Å². The Morgan fingerprint density at radius 2 is 1.78 bits per heavy atom. The molecule has 1 fully saturated rings. The largest absolute Gasteiger partial charge is 0.490 e. The fourth-order valence-electron chi connectivity index (χ4n) is 5.07. The van der Waals surface area contributed by atoms with Gasteiger partial charge in [0.15, 0.2) is 11.5 Å². The Morgan fingerprint density at radius 1 is 1.09 bits per heavy atom. The van der Waals surface area contributed by atoms with E-state index in [0.29, 0.717) is 9.92 Å². The summed E-state index contributed by atoms with van der Waals surface area (Å²) in [6.07, 6.45) is -0.234. The third-order valence-corrected chi connectivity index (χ3v) is 8.84. The summed E-state index contributed by atoms with van der Waals surface area (Å²) >= 11 is 7.72. The third-order valence-electron chi connectivity index (χ3n) is 7.38. The van der Waals surface area contributed by atoms with Crippen molar-refractivity contribution in [2.75, 3.05) is 23.3 Å². The Morgan fingerprint density at radius 3 is 2.36 bits per heavy atom. The standard InChI is InChI=1S/C23H21ClF3N9OS.C2HF3O2/c24-18-14(2-6-35-11-15(32-20(18)35)33-21(37)23(25,26)27)38-17-10-29-16(9-30-17)34-7-3-22(4-8-34)12-36-13(19(22)28)1-5-31-36;3-2(4,5)1(6)7/h1-2,5-6,9-11,19H,3-4,7-8,12,28H2,(H,33,37);(H,6,7)/t19-;/m1./s1. The van der Waals surface area contributed by atoms with Gasteiger partial charge in [0.05, 0.1) is 35.3 Å². The molecule has 240 valence electrons. The van der Waals surface area contributed by atoms with Crippen molar-refractivity contribution in [2.24, 2.45) is 11.1 Å². The molecule has 0 unspecified atom stereocenters. The molecule has 0 aromatic carbocycles. The number of aromatic nitrogens is 6. The smallest absolute Gasteiger partial charge is 0.475 e. The molecule has 1 amide bonds. The lowest BCUT2D eigenvalue weighted by molar-refractivity contribution is -0.192. The number of carboxylic acid groups (broad SMARTS) is 1. The zero-order valence-electron chi connectivity index (χ0n) is 22.7. The third kappa shape index (κ3) is 6.79. The summed E-state index contributed by atoms with van der Waals surface area (Å²) in [5.74, 6) is -4.35. The number of nitrogens with one attached hydrogen (secondary N) is 1. The molecule has 2 aliphatic rings. The van der Waals surface area contributed by atoms with Crippen molar-refractivity contribution >= 4 is 52.5 Å². The lowest BCUT2D eigenvalue weighted by Gasteiger charge is -2.41. The van der Waals surface area contributed by atoms with E-state index in [-0.39, 0.29) is 27.9 Å². The van der Waals surface area contributed by atoms with Gasteiger partial charge in [-0.2, -0.15) is 31.4 Å². The van der Waals surface area contributed by atoms with Crippen LogP contribution in [0.4, 0.5) is 38.0 Å². The fourth-order valence-corrected chi connectivity index (χ4v) is 6.13. The van der Waals surface area contributed by atoms with Crippen LogP contribution in [0, 0.1) is 5.41 Å². The molecule has 6 heterocycles. The number of aliphatic carboxylic acids is 1. The van der Waals surface area contributed by atoms with E-state index in [1.165, 1.54) is 22.4 Å². The Hall–Kier alpha value is -4.10. The Labute approximate surface area is 258 Å². The quantitative estimate of drug-likeness (QED) is 0.262.